The Kier molecular flexibility index (Phi) is 17.8. The number of carbonyl (C=O) groups excluding carboxylic acids is 1. The molecule has 0 aromatic rings. The van der Waals surface area contributed by atoms with E-state index in [4.69, 9.17) is 9.84 Å². The summed E-state index contributed by atoms with van der Waals surface area (Å²) in [6, 6.07) is 0. The van der Waals surface area contributed by atoms with E-state index in [-0.39, 0.29) is 12.4 Å². The maximum atomic E-state index is 12.1. The third-order valence-corrected chi connectivity index (χ3v) is 5.83. The molecule has 31 heavy (non-hydrogen) atoms. The van der Waals surface area contributed by atoms with Gasteiger partial charge in [-0.1, -0.05) is 97.3 Å². The molecule has 0 bridgehead atoms. The Balaban J connectivity index is 3.60. The Morgan fingerprint density at radius 2 is 1.29 bits per heavy atom. The van der Waals surface area contributed by atoms with E-state index in [1.54, 1.807) is 0 Å². The van der Waals surface area contributed by atoms with Crippen LogP contribution in [0.15, 0.2) is 0 Å². The molecular weight excluding hydrogens is 390 g/mol. The number of carboxylic acids is 1. The van der Waals surface area contributed by atoms with E-state index in [1.165, 1.54) is 77.0 Å². The van der Waals surface area contributed by atoms with E-state index in [2.05, 4.69) is 13.8 Å². The van der Waals surface area contributed by atoms with Crippen molar-refractivity contribution in [2.45, 2.75) is 123 Å². The van der Waals surface area contributed by atoms with Crippen LogP contribution in [0.25, 0.3) is 0 Å². The highest BCUT2D eigenvalue weighted by atomic mass is 16.5. The monoisotopic (exact) mass is 442 g/mol. The zero-order valence-electron chi connectivity index (χ0n) is 21.3. The zero-order chi connectivity index (χ0) is 23.5. The minimum atomic E-state index is -0.923. The standard InChI is InChI=1S/C26H51NO4/c1-6-7-18-23(2)19-16-14-12-10-8-9-11-13-15-17-20-26(30)31-24(21-25(28)29)22-27(3,4)5/h23-24H,6-22H2,1-5H3/p+1. The molecule has 184 valence electrons. The molecule has 5 nitrogen and oxygen atoms in total. The van der Waals surface area contributed by atoms with E-state index in [1.807, 2.05) is 21.1 Å². The lowest BCUT2D eigenvalue weighted by atomic mass is 9.97. The van der Waals surface area contributed by atoms with Gasteiger partial charge in [-0.05, 0) is 12.3 Å². The fourth-order valence-corrected chi connectivity index (χ4v) is 4.07. The molecule has 0 aromatic heterocycles. The fourth-order valence-electron chi connectivity index (χ4n) is 4.07. The van der Waals surface area contributed by atoms with Gasteiger partial charge in [0.15, 0.2) is 6.10 Å². The van der Waals surface area contributed by atoms with Gasteiger partial charge >= 0.3 is 11.9 Å². The predicted octanol–water partition coefficient (Wildman–Crippen LogP) is 6.59. The molecule has 0 aromatic carbocycles. The SMILES string of the molecule is CCCCC(C)CCCCCCCCCCCCC(=O)OC(CC(=O)O)C[N+](C)(C)C. The number of carboxylic acid groups (broad SMARTS) is 1. The molecule has 1 N–H and O–H groups in total. The molecule has 0 amide bonds. The molecule has 0 aliphatic heterocycles. The minimum absolute atomic E-state index is 0.126. The van der Waals surface area contributed by atoms with Gasteiger partial charge in [-0.15, -0.1) is 0 Å². The number of nitrogens with zero attached hydrogens (tertiary/aromatic N) is 1. The molecule has 0 aliphatic rings. The first kappa shape index (κ1) is 29.9. The highest BCUT2D eigenvalue weighted by Crippen LogP contribution is 2.17. The number of rotatable bonds is 21. The molecule has 0 spiro atoms. The Labute approximate surface area is 192 Å². The van der Waals surface area contributed by atoms with Crippen LogP contribution in [-0.4, -0.2) is 55.3 Å². The van der Waals surface area contributed by atoms with Crippen LogP contribution in [0.1, 0.15) is 117 Å². The number of aliphatic carboxylic acids is 1. The average molecular weight is 443 g/mol. The van der Waals surface area contributed by atoms with Gasteiger partial charge < -0.3 is 14.3 Å². The van der Waals surface area contributed by atoms with E-state index in [0.29, 0.717) is 17.4 Å². The first-order valence-corrected chi connectivity index (χ1v) is 12.9. The summed E-state index contributed by atoms with van der Waals surface area (Å²) in [5.41, 5.74) is 0. The average Bonchev–Trinajstić information content (AvgIpc) is 2.65. The van der Waals surface area contributed by atoms with Crippen LogP contribution >= 0.6 is 0 Å². The van der Waals surface area contributed by atoms with Gasteiger partial charge in [-0.3, -0.25) is 9.59 Å². The summed E-state index contributed by atoms with van der Waals surface area (Å²) in [5, 5.41) is 9.02. The van der Waals surface area contributed by atoms with Crippen LogP contribution in [0.4, 0.5) is 0 Å². The summed E-state index contributed by atoms with van der Waals surface area (Å²) in [5.74, 6) is -0.283. The van der Waals surface area contributed by atoms with E-state index in [0.717, 1.165) is 18.8 Å². The fraction of sp³-hybridized carbons (Fsp3) is 0.923. The number of quaternary nitrogens is 1. The second-order valence-electron chi connectivity index (χ2n) is 10.5. The zero-order valence-corrected chi connectivity index (χ0v) is 21.3. The van der Waals surface area contributed by atoms with Gasteiger partial charge in [0.25, 0.3) is 0 Å². The number of likely N-dealkylation sites (N-methyl/N-ethyl adjacent to an activating group) is 1. The summed E-state index contributed by atoms with van der Waals surface area (Å²) in [4.78, 5) is 23.1. The van der Waals surface area contributed by atoms with Gasteiger partial charge in [0.2, 0.25) is 0 Å². The molecule has 5 heteroatoms. The summed E-state index contributed by atoms with van der Waals surface area (Å²) < 4.78 is 6.00. The molecule has 0 heterocycles. The lowest BCUT2D eigenvalue weighted by Crippen LogP contribution is -2.43. The smallest absolute Gasteiger partial charge is 0.307 e. The number of hydrogen-bond acceptors (Lipinski definition) is 3. The van der Waals surface area contributed by atoms with Crippen molar-refractivity contribution in [3.8, 4) is 0 Å². The van der Waals surface area contributed by atoms with Crippen LogP contribution in [-0.2, 0) is 14.3 Å². The molecule has 0 rings (SSSR count). The van der Waals surface area contributed by atoms with Crippen LogP contribution < -0.4 is 0 Å². The summed E-state index contributed by atoms with van der Waals surface area (Å²) in [7, 11) is 5.91. The third-order valence-electron chi connectivity index (χ3n) is 5.83. The topological polar surface area (TPSA) is 63.6 Å². The quantitative estimate of drug-likeness (QED) is 0.124. The number of unbranched alkanes of at least 4 members (excludes halogenated alkanes) is 10. The van der Waals surface area contributed by atoms with Crippen molar-refractivity contribution < 1.29 is 23.9 Å². The summed E-state index contributed by atoms with van der Waals surface area (Å²) in [6.45, 7) is 5.18. The van der Waals surface area contributed by atoms with Gasteiger partial charge in [0.1, 0.15) is 6.54 Å². The Morgan fingerprint density at radius 1 is 0.806 bits per heavy atom. The second kappa shape index (κ2) is 18.5. The van der Waals surface area contributed by atoms with Gasteiger partial charge in [0.05, 0.1) is 27.6 Å². The molecule has 0 fully saturated rings. The Hall–Kier alpha value is -1.10. The van der Waals surface area contributed by atoms with Crippen molar-refractivity contribution in [2.75, 3.05) is 27.7 Å². The van der Waals surface area contributed by atoms with Crippen molar-refractivity contribution in [2.24, 2.45) is 5.92 Å². The molecule has 0 saturated carbocycles. The van der Waals surface area contributed by atoms with Gasteiger partial charge in [0, 0.05) is 6.42 Å². The van der Waals surface area contributed by atoms with Gasteiger partial charge in [-0.2, -0.15) is 0 Å². The summed E-state index contributed by atoms with van der Waals surface area (Å²) >= 11 is 0. The van der Waals surface area contributed by atoms with E-state index in [9.17, 15) is 9.59 Å². The number of hydrogen-bond donors (Lipinski definition) is 1. The van der Waals surface area contributed by atoms with Crippen molar-refractivity contribution in [3.63, 3.8) is 0 Å². The van der Waals surface area contributed by atoms with Crippen LogP contribution in [0.5, 0.6) is 0 Å². The minimum Gasteiger partial charge on any atom is -0.481 e. The van der Waals surface area contributed by atoms with Crippen molar-refractivity contribution in [1.82, 2.24) is 0 Å². The Bertz CT molecular complexity index is 459. The number of ether oxygens (including phenoxy) is 1. The van der Waals surface area contributed by atoms with Crippen molar-refractivity contribution in [3.05, 3.63) is 0 Å². The highest BCUT2D eigenvalue weighted by molar-refractivity contribution is 5.71. The maximum Gasteiger partial charge on any atom is 0.307 e. The Morgan fingerprint density at radius 3 is 1.77 bits per heavy atom. The predicted molar refractivity (Wildman–Crippen MR) is 129 cm³/mol. The second-order valence-corrected chi connectivity index (χ2v) is 10.5. The van der Waals surface area contributed by atoms with Crippen molar-refractivity contribution >= 4 is 11.9 Å². The highest BCUT2D eigenvalue weighted by Gasteiger charge is 2.24. The molecule has 2 atom stereocenters. The van der Waals surface area contributed by atoms with Crippen LogP contribution in [0.3, 0.4) is 0 Å². The first-order valence-electron chi connectivity index (χ1n) is 12.9. The molecule has 0 radical (unpaired) electrons. The normalized spacial score (nSPS) is 13.7. The lowest BCUT2D eigenvalue weighted by molar-refractivity contribution is -0.873. The van der Waals surface area contributed by atoms with Crippen LogP contribution in [0.2, 0.25) is 0 Å². The summed E-state index contributed by atoms with van der Waals surface area (Å²) in [6.07, 6.45) is 17.6. The largest absolute Gasteiger partial charge is 0.481 e. The molecular formula is C26H52NO4+. The van der Waals surface area contributed by atoms with E-state index < -0.39 is 12.1 Å². The van der Waals surface area contributed by atoms with Crippen LogP contribution in [0, 0.1) is 5.92 Å². The van der Waals surface area contributed by atoms with Gasteiger partial charge in [-0.25, -0.2) is 0 Å². The first-order chi connectivity index (χ1) is 14.6. The molecule has 2 unspecified atom stereocenters. The van der Waals surface area contributed by atoms with Crippen molar-refractivity contribution in [1.29, 1.82) is 0 Å². The third kappa shape index (κ3) is 21.9. The molecule has 0 aliphatic carbocycles. The number of carbonyl (C=O) groups is 2. The lowest BCUT2D eigenvalue weighted by Gasteiger charge is -2.28. The van der Waals surface area contributed by atoms with E-state index >= 15 is 0 Å². The molecule has 0 saturated heterocycles. The maximum absolute atomic E-state index is 12.1. The number of esters is 1.